The number of ether oxygens (including phenoxy) is 4. The summed E-state index contributed by atoms with van der Waals surface area (Å²) in [6.45, 7) is 2.58. The molecular formula is C27H56N6O9. The molecule has 0 aromatic carbocycles. The van der Waals surface area contributed by atoms with Gasteiger partial charge in [-0.1, -0.05) is 0 Å². The fourth-order valence-electron chi connectivity index (χ4n) is 5.16. The van der Waals surface area contributed by atoms with Gasteiger partial charge in [0.2, 0.25) is 0 Å². The first-order chi connectivity index (χ1) is 20.1. The van der Waals surface area contributed by atoms with Crippen LogP contribution in [0.15, 0.2) is 11.8 Å². The van der Waals surface area contributed by atoms with E-state index in [2.05, 4.69) is 16.7 Å². The molecule has 7 unspecified atom stereocenters. The predicted octanol–water partition coefficient (Wildman–Crippen LogP) is -3.73. The number of nitrogens with two attached hydrogens (primary N) is 4. The summed E-state index contributed by atoms with van der Waals surface area (Å²) in [6.07, 6.45) is 3.58. The Bertz CT molecular complexity index is 752. The third kappa shape index (κ3) is 12.9. The summed E-state index contributed by atoms with van der Waals surface area (Å²) in [7, 11) is 1.93. The molecule has 3 fully saturated rings. The average Bonchev–Trinajstić information content (AvgIpc) is 3.45. The van der Waals surface area contributed by atoms with Crippen LogP contribution >= 0.6 is 0 Å². The van der Waals surface area contributed by atoms with Gasteiger partial charge in [0, 0.05) is 38.1 Å². The van der Waals surface area contributed by atoms with E-state index in [0.717, 1.165) is 51.0 Å². The molecule has 42 heavy (non-hydrogen) atoms. The Morgan fingerprint density at radius 3 is 2.43 bits per heavy atom. The van der Waals surface area contributed by atoms with Gasteiger partial charge in [-0.05, 0) is 51.6 Å². The van der Waals surface area contributed by atoms with E-state index >= 15 is 0 Å². The van der Waals surface area contributed by atoms with E-state index in [-0.39, 0.29) is 50.3 Å². The Morgan fingerprint density at radius 2 is 1.83 bits per heavy atom. The summed E-state index contributed by atoms with van der Waals surface area (Å²) < 4.78 is 21.7. The molecule has 4 aliphatic rings. The highest BCUT2D eigenvalue weighted by molar-refractivity contribution is 4.97. The second kappa shape index (κ2) is 20.1. The summed E-state index contributed by atoms with van der Waals surface area (Å²) in [5.41, 5.74) is 22.0. The number of nitrogens with one attached hydrogen (secondary N) is 2. The van der Waals surface area contributed by atoms with Crippen LogP contribution in [0.5, 0.6) is 0 Å². The monoisotopic (exact) mass is 608 g/mol. The highest BCUT2D eigenvalue weighted by atomic mass is 16.7. The molecule has 248 valence electrons. The quantitative estimate of drug-likeness (QED) is 0.114. The van der Waals surface area contributed by atoms with Crippen LogP contribution in [-0.2, 0) is 18.9 Å². The molecule has 0 spiro atoms. The normalized spacial score (nSPS) is 37.3. The van der Waals surface area contributed by atoms with Crippen molar-refractivity contribution in [2.24, 2.45) is 22.9 Å². The van der Waals surface area contributed by atoms with Crippen LogP contribution in [0.3, 0.4) is 0 Å². The van der Waals surface area contributed by atoms with Gasteiger partial charge >= 0.3 is 0 Å². The standard InChI is InChI=1S/C14H29N3O4.C7H13NO.C6H14N2O4/c15-6-11(19)7-17-10-3-9(16)4-13(5-10)21-14-2-1-12(8-18)20-14;1-8-6-7-4-2-3-5-9-7;7-1-2-4(9)5(10)3(8)6(11)12-2/h9-14,17-19H,1-8,15-16H2;4,8H,2-3,5-6H2,1H3;2-6,9-11H,1,7-8H2/t;;2-,3+,4+,5?,6-/m..0/s1. The molecule has 0 aromatic rings. The Kier molecular flexibility index (Phi) is 17.8. The summed E-state index contributed by atoms with van der Waals surface area (Å²) in [5, 5.41) is 52.6. The molecule has 3 heterocycles. The fourth-order valence-corrected chi connectivity index (χ4v) is 5.16. The number of rotatable bonds is 10. The molecule has 15 nitrogen and oxygen atoms in total. The van der Waals surface area contributed by atoms with Crippen LogP contribution in [0.1, 0.15) is 44.9 Å². The van der Waals surface area contributed by atoms with Gasteiger partial charge in [-0.25, -0.2) is 0 Å². The van der Waals surface area contributed by atoms with Crippen molar-refractivity contribution >= 4 is 0 Å². The van der Waals surface area contributed by atoms with Crippen molar-refractivity contribution in [3.63, 3.8) is 0 Å². The molecule has 4 rings (SSSR count). The zero-order chi connectivity index (χ0) is 31.1. The first-order valence-corrected chi connectivity index (χ1v) is 15.0. The highest BCUT2D eigenvalue weighted by Crippen LogP contribution is 2.27. The summed E-state index contributed by atoms with van der Waals surface area (Å²) in [5.74, 6) is 1.10. The van der Waals surface area contributed by atoms with Gasteiger partial charge in [0.25, 0.3) is 0 Å². The molecule has 3 aliphatic heterocycles. The zero-order valence-electron chi connectivity index (χ0n) is 24.8. The Hall–Kier alpha value is -1.02. The molecule has 15 N–H and O–H groups in total. The minimum atomic E-state index is -1.27. The molecule has 11 atom stereocenters. The maximum atomic E-state index is 9.51. The van der Waals surface area contributed by atoms with E-state index in [1.165, 1.54) is 12.8 Å². The maximum Gasteiger partial charge on any atom is 0.172 e. The molecule has 0 radical (unpaired) electrons. The van der Waals surface area contributed by atoms with E-state index in [9.17, 15) is 15.3 Å². The van der Waals surface area contributed by atoms with E-state index in [0.29, 0.717) is 6.54 Å². The number of hydrogen-bond acceptors (Lipinski definition) is 15. The van der Waals surface area contributed by atoms with E-state index in [1.807, 2.05) is 7.05 Å². The van der Waals surface area contributed by atoms with Crippen molar-refractivity contribution in [1.29, 1.82) is 0 Å². The van der Waals surface area contributed by atoms with Crippen LogP contribution in [0.4, 0.5) is 0 Å². The fraction of sp³-hybridized carbons (Fsp3) is 0.926. The van der Waals surface area contributed by atoms with Crippen molar-refractivity contribution in [3.05, 3.63) is 11.8 Å². The number of aliphatic hydroxyl groups excluding tert-OH is 5. The van der Waals surface area contributed by atoms with Gasteiger partial charge in [0.1, 0.15) is 24.1 Å². The SMILES string of the molecule is CNCC1=CCCCO1.NCC(O)CNC1CC(N)CC(OC2CCC(CO)O2)C1.NC[C@@H]1O[C@H](O)[C@H](N)C(O)[C@@H]1O. The molecule has 0 bridgehead atoms. The van der Waals surface area contributed by atoms with Crippen molar-refractivity contribution in [2.45, 2.75) is 112 Å². The Morgan fingerprint density at radius 1 is 1.07 bits per heavy atom. The lowest BCUT2D eigenvalue weighted by Gasteiger charge is -2.38. The molecule has 1 aliphatic carbocycles. The largest absolute Gasteiger partial charge is 0.497 e. The first kappa shape index (κ1) is 37.2. The molecule has 2 saturated heterocycles. The summed E-state index contributed by atoms with van der Waals surface area (Å²) in [6, 6.07) is -0.663. The molecule has 0 amide bonds. The topological polar surface area (TPSA) is 266 Å². The van der Waals surface area contributed by atoms with Gasteiger partial charge < -0.3 is 78.0 Å². The van der Waals surface area contributed by atoms with E-state index in [4.69, 9.17) is 52.1 Å². The van der Waals surface area contributed by atoms with Crippen LogP contribution in [0.25, 0.3) is 0 Å². The molecular weight excluding hydrogens is 552 g/mol. The van der Waals surface area contributed by atoms with Gasteiger partial charge in [0.15, 0.2) is 12.6 Å². The van der Waals surface area contributed by atoms with E-state index < -0.39 is 36.7 Å². The zero-order valence-corrected chi connectivity index (χ0v) is 24.8. The number of hydrogen-bond donors (Lipinski definition) is 11. The minimum Gasteiger partial charge on any atom is -0.497 e. The molecule has 15 heteroatoms. The van der Waals surface area contributed by atoms with E-state index in [1.54, 1.807) is 0 Å². The van der Waals surface area contributed by atoms with Crippen molar-refractivity contribution < 1.29 is 44.5 Å². The Labute approximate surface area is 248 Å². The lowest BCUT2D eigenvalue weighted by atomic mass is 9.89. The third-order valence-corrected chi connectivity index (χ3v) is 7.59. The van der Waals surface area contributed by atoms with Crippen molar-refractivity contribution in [3.8, 4) is 0 Å². The average molecular weight is 609 g/mol. The number of aliphatic hydroxyl groups is 5. The van der Waals surface area contributed by atoms with Crippen molar-refractivity contribution in [2.75, 3.05) is 46.4 Å². The lowest BCUT2D eigenvalue weighted by Crippen LogP contribution is -2.62. The second-order valence-electron chi connectivity index (χ2n) is 11.2. The molecule has 0 aromatic heterocycles. The number of likely N-dealkylation sites (N-methyl/N-ethyl adjacent to an activating group) is 1. The van der Waals surface area contributed by atoms with Gasteiger partial charge in [-0.2, -0.15) is 0 Å². The van der Waals surface area contributed by atoms with Crippen LogP contribution < -0.4 is 33.6 Å². The van der Waals surface area contributed by atoms with Crippen molar-refractivity contribution in [1.82, 2.24) is 10.6 Å². The summed E-state index contributed by atoms with van der Waals surface area (Å²) >= 11 is 0. The van der Waals surface area contributed by atoms with Crippen LogP contribution in [0, 0.1) is 0 Å². The second-order valence-corrected chi connectivity index (χ2v) is 11.2. The maximum absolute atomic E-state index is 9.51. The molecule has 1 saturated carbocycles. The highest BCUT2D eigenvalue weighted by Gasteiger charge is 2.41. The van der Waals surface area contributed by atoms with Crippen LogP contribution in [-0.4, -0.2) is 139 Å². The third-order valence-electron chi connectivity index (χ3n) is 7.59. The first-order valence-electron chi connectivity index (χ1n) is 15.0. The smallest absolute Gasteiger partial charge is 0.172 e. The predicted molar refractivity (Wildman–Crippen MR) is 156 cm³/mol. The Balaban J connectivity index is 0.000000247. The summed E-state index contributed by atoms with van der Waals surface area (Å²) in [4.78, 5) is 0. The number of allylic oxidation sites excluding steroid dienone is 1. The minimum absolute atomic E-state index is 0.0298. The van der Waals surface area contributed by atoms with Gasteiger partial charge in [-0.3, -0.25) is 0 Å². The lowest BCUT2D eigenvalue weighted by molar-refractivity contribution is -0.238. The van der Waals surface area contributed by atoms with Crippen LogP contribution in [0.2, 0.25) is 0 Å². The van der Waals surface area contributed by atoms with Gasteiger partial charge in [0.05, 0.1) is 44.1 Å². The van der Waals surface area contributed by atoms with Gasteiger partial charge in [-0.15, -0.1) is 0 Å².